The molecule has 30 heavy (non-hydrogen) atoms. The van der Waals surface area contributed by atoms with Gasteiger partial charge in [-0.1, -0.05) is 24.3 Å². The third-order valence-electron chi connectivity index (χ3n) is 4.53. The summed E-state index contributed by atoms with van der Waals surface area (Å²) in [5.41, 5.74) is 0.499. The number of rotatable bonds is 6. The van der Waals surface area contributed by atoms with Crippen molar-refractivity contribution in [2.75, 3.05) is 11.9 Å². The molecule has 2 amide bonds. The van der Waals surface area contributed by atoms with Crippen LogP contribution in [0, 0.1) is 0 Å². The fourth-order valence-electron chi connectivity index (χ4n) is 2.87. The van der Waals surface area contributed by atoms with Crippen LogP contribution < -0.4 is 16.1 Å². The minimum absolute atomic E-state index is 0.179. The van der Waals surface area contributed by atoms with E-state index >= 15 is 0 Å². The number of amides is 2. The molecule has 152 valence electrons. The maximum absolute atomic E-state index is 12.3. The second-order valence-corrected chi connectivity index (χ2v) is 6.89. The number of benzene rings is 2. The first kappa shape index (κ1) is 19.4. The molecule has 1 aromatic heterocycles. The lowest BCUT2D eigenvalue weighted by atomic mass is 10.1. The van der Waals surface area contributed by atoms with Crippen LogP contribution in [-0.4, -0.2) is 30.4 Å². The van der Waals surface area contributed by atoms with Crippen molar-refractivity contribution in [1.29, 1.82) is 0 Å². The van der Waals surface area contributed by atoms with Crippen molar-refractivity contribution in [3.05, 3.63) is 76.1 Å². The summed E-state index contributed by atoms with van der Waals surface area (Å²) in [6, 6.07) is 14.3. The van der Waals surface area contributed by atoms with E-state index in [1.165, 1.54) is 0 Å². The highest BCUT2D eigenvalue weighted by Gasteiger charge is 2.25. The third-order valence-corrected chi connectivity index (χ3v) is 4.53. The number of ether oxygens (including phenoxy) is 1. The second-order valence-electron chi connectivity index (χ2n) is 6.89. The summed E-state index contributed by atoms with van der Waals surface area (Å²) in [7, 11) is 0. The quantitative estimate of drug-likeness (QED) is 0.608. The van der Waals surface area contributed by atoms with Gasteiger partial charge in [0.1, 0.15) is 5.58 Å². The van der Waals surface area contributed by atoms with Gasteiger partial charge in [-0.3, -0.25) is 14.4 Å². The first-order valence-corrected chi connectivity index (χ1v) is 9.41. The summed E-state index contributed by atoms with van der Waals surface area (Å²) in [5, 5.41) is 5.76. The molecular formula is C22H18N2O6. The molecule has 0 saturated heterocycles. The van der Waals surface area contributed by atoms with Gasteiger partial charge < -0.3 is 19.8 Å². The van der Waals surface area contributed by atoms with E-state index in [-0.39, 0.29) is 28.7 Å². The van der Waals surface area contributed by atoms with Gasteiger partial charge in [-0.05, 0) is 37.1 Å². The van der Waals surface area contributed by atoms with E-state index in [9.17, 15) is 19.2 Å². The average Bonchev–Trinajstić information content (AvgIpc) is 3.56. The van der Waals surface area contributed by atoms with Crippen molar-refractivity contribution in [3.63, 3.8) is 0 Å². The van der Waals surface area contributed by atoms with Crippen molar-refractivity contribution < 1.29 is 23.5 Å². The zero-order valence-corrected chi connectivity index (χ0v) is 15.8. The molecule has 4 rings (SSSR count). The highest BCUT2D eigenvalue weighted by molar-refractivity contribution is 6.04. The molecule has 0 bridgehead atoms. The van der Waals surface area contributed by atoms with E-state index < -0.39 is 18.5 Å². The summed E-state index contributed by atoms with van der Waals surface area (Å²) in [5.74, 6) is -2.13. The Morgan fingerprint density at radius 3 is 2.57 bits per heavy atom. The average molecular weight is 406 g/mol. The summed E-state index contributed by atoms with van der Waals surface area (Å²) < 4.78 is 10.3. The molecule has 1 fully saturated rings. The summed E-state index contributed by atoms with van der Waals surface area (Å²) in [6.45, 7) is -0.603. The van der Waals surface area contributed by atoms with Gasteiger partial charge in [-0.25, -0.2) is 4.79 Å². The molecular weight excluding hydrogens is 388 g/mol. The SMILES string of the molecule is O=C(COC(=O)c1cc(=O)c2ccccc2o1)Nc1ccccc1C(=O)NC1CC1. The van der Waals surface area contributed by atoms with E-state index in [0.717, 1.165) is 18.9 Å². The largest absolute Gasteiger partial charge is 0.450 e. The maximum Gasteiger partial charge on any atom is 0.374 e. The van der Waals surface area contributed by atoms with Crippen LogP contribution in [0.3, 0.4) is 0 Å². The standard InChI is InChI=1S/C22H18N2O6/c25-17-11-19(30-18-8-4-2-6-15(17)18)22(28)29-12-20(26)24-16-7-3-1-5-14(16)21(27)23-13-9-10-13/h1-8,11,13H,9-10,12H2,(H,23,27)(H,24,26). The zero-order chi connectivity index (χ0) is 21.1. The molecule has 0 atom stereocenters. The van der Waals surface area contributed by atoms with Gasteiger partial charge in [0, 0.05) is 12.1 Å². The normalized spacial score (nSPS) is 12.9. The number of carbonyl (C=O) groups excluding carboxylic acids is 3. The van der Waals surface area contributed by atoms with Crippen LogP contribution in [0.1, 0.15) is 33.8 Å². The third kappa shape index (κ3) is 4.38. The molecule has 0 unspecified atom stereocenters. The summed E-state index contributed by atoms with van der Waals surface area (Å²) in [6.07, 6.45) is 1.89. The molecule has 1 aliphatic rings. The molecule has 1 heterocycles. The Morgan fingerprint density at radius 1 is 1.03 bits per heavy atom. The van der Waals surface area contributed by atoms with E-state index in [0.29, 0.717) is 16.6 Å². The van der Waals surface area contributed by atoms with E-state index in [4.69, 9.17) is 9.15 Å². The number of hydrogen-bond donors (Lipinski definition) is 2. The second kappa shape index (κ2) is 8.20. The number of para-hydroxylation sites is 2. The Kier molecular flexibility index (Phi) is 5.30. The fourth-order valence-corrected chi connectivity index (χ4v) is 2.87. The monoisotopic (exact) mass is 406 g/mol. The minimum Gasteiger partial charge on any atom is -0.450 e. The summed E-state index contributed by atoms with van der Waals surface area (Å²) >= 11 is 0. The molecule has 1 aliphatic carbocycles. The molecule has 1 saturated carbocycles. The first-order chi connectivity index (χ1) is 14.5. The van der Waals surface area contributed by atoms with Crippen LogP contribution >= 0.6 is 0 Å². The molecule has 8 nitrogen and oxygen atoms in total. The lowest BCUT2D eigenvalue weighted by molar-refractivity contribution is -0.119. The van der Waals surface area contributed by atoms with E-state index in [1.54, 1.807) is 48.5 Å². The van der Waals surface area contributed by atoms with Gasteiger partial charge >= 0.3 is 5.97 Å². The number of fused-ring (bicyclic) bond motifs is 1. The number of anilines is 1. The smallest absolute Gasteiger partial charge is 0.374 e. The molecule has 0 spiro atoms. The zero-order valence-electron chi connectivity index (χ0n) is 15.8. The van der Waals surface area contributed by atoms with Gasteiger partial charge in [0.25, 0.3) is 11.8 Å². The summed E-state index contributed by atoms with van der Waals surface area (Å²) in [4.78, 5) is 48.8. The van der Waals surface area contributed by atoms with Crippen molar-refractivity contribution in [1.82, 2.24) is 5.32 Å². The molecule has 2 aromatic carbocycles. The number of esters is 1. The van der Waals surface area contributed by atoms with Gasteiger partial charge in [-0.2, -0.15) is 0 Å². The predicted molar refractivity (Wildman–Crippen MR) is 108 cm³/mol. The Labute approximate surface area is 170 Å². The van der Waals surface area contributed by atoms with Crippen LogP contribution in [0.4, 0.5) is 5.69 Å². The Balaban J connectivity index is 1.40. The highest BCUT2D eigenvalue weighted by atomic mass is 16.5. The van der Waals surface area contributed by atoms with Crippen molar-refractivity contribution in [2.45, 2.75) is 18.9 Å². The van der Waals surface area contributed by atoms with Crippen molar-refractivity contribution in [2.24, 2.45) is 0 Å². The number of carbonyl (C=O) groups is 3. The van der Waals surface area contributed by atoms with Crippen molar-refractivity contribution >= 4 is 34.4 Å². The lowest BCUT2D eigenvalue weighted by Gasteiger charge is -2.11. The molecule has 0 radical (unpaired) electrons. The lowest BCUT2D eigenvalue weighted by Crippen LogP contribution is -2.28. The highest BCUT2D eigenvalue weighted by Crippen LogP contribution is 2.21. The number of hydrogen-bond acceptors (Lipinski definition) is 6. The van der Waals surface area contributed by atoms with Crippen molar-refractivity contribution in [3.8, 4) is 0 Å². The molecule has 0 aliphatic heterocycles. The minimum atomic E-state index is -0.937. The molecule has 8 heteroatoms. The van der Waals surface area contributed by atoms with E-state index in [1.807, 2.05) is 0 Å². The van der Waals surface area contributed by atoms with Crippen LogP contribution in [0.5, 0.6) is 0 Å². The van der Waals surface area contributed by atoms with Gasteiger partial charge in [0.2, 0.25) is 5.76 Å². The molecule has 2 N–H and O–H groups in total. The fraction of sp³-hybridized carbons (Fsp3) is 0.182. The van der Waals surface area contributed by atoms with Gasteiger partial charge in [0.05, 0.1) is 16.6 Å². The van der Waals surface area contributed by atoms with Crippen LogP contribution in [0.15, 0.2) is 63.8 Å². The number of nitrogens with one attached hydrogen (secondary N) is 2. The Hall–Kier alpha value is -3.94. The topological polar surface area (TPSA) is 115 Å². The van der Waals surface area contributed by atoms with Gasteiger partial charge in [0.15, 0.2) is 12.0 Å². The predicted octanol–water partition coefficient (Wildman–Crippen LogP) is 2.48. The van der Waals surface area contributed by atoms with Gasteiger partial charge in [-0.15, -0.1) is 0 Å². The molecule has 3 aromatic rings. The Morgan fingerprint density at radius 2 is 1.77 bits per heavy atom. The van der Waals surface area contributed by atoms with Crippen LogP contribution in [-0.2, 0) is 9.53 Å². The Bertz CT molecular complexity index is 1200. The first-order valence-electron chi connectivity index (χ1n) is 9.41. The van der Waals surface area contributed by atoms with Crippen LogP contribution in [0.25, 0.3) is 11.0 Å². The van der Waals surface area contributed by atoms with Crippen LogP contribution in [0.2, 0.25) is 0 Å². The van der Waals surface area contributed by atoms with E-state index in [2.05, 4.69) is 10.6 Å². The maximum atomic E-state index is 12.3.